The summed E-state index contributed by atoms with van der Waals surface area (Å²) in [6.45, 7) is 0. The molecule has 0 aliphatic carbocycles. The summed E-state index contributed by atoms with van der Waals surface area (Å²) in [5.74, 6) is -0.623. The fourth-order valence-electron chi connectivity index (χ4n) is 1.50. The van der Waals surface area contributed by atoms with E-state index in [4.69, 9.17) is 5.73 Å². The van der Waals surface area contributed by atoms with Crippen LogP contribution in [0.5, 0.6) is 0 Å². The first-order valence-electron chi connectivity index (χ1n) is 4.91. The van der Waals surface area contributed by atoms with Crippen molar-refractivity contribution in [2.75, 3.05) is 5.75 Å². The lowest BCUT2D eigenvalue weighted by molar-refractivity contribution is -0.115. The number of carbonyl (C=O) groups excluding carboxylic acids is 1. The molecule has 3 nitrogen and oxygen atoms in total. The smallest absolute Gasteiger partial charge is 0.230 e. The zero-order valence-corrected chi connectivity index (χ0v) is 11.3. The second-order valence-electron chi connectivity index (χ2n) is 3.40. The first kappa shape index (κ1) is 12.5. The van der Waals surface area contributed by atoms with E-state index in [1.54, 1.807) is 22.7 Å². The summed E-state index contributed by atoms with van der Waals surface area (Å²) in [6, 6.07) is 7.71. The van der Waals surface area contributed by atoms with Crippen LogP contribution in [0.15, 0.2) is 35.0 Å². The topological polar surface area (TPSA) is 60.2 Å². The third kappa shape index (κ3) is 3.02. The van der Waals surface area contributed by atoms with Crippen LogP contribution in [0.1, 0.15) is 15.0 Å². The maximum Gasteiger partial charge on any atom is 0.230 e. The Labute approximate surface area is 110 Å². The van der Waals surface area contributed by atoms with Gasteiger partial charge in [0.2, 0.25) is 5.91 Å². The lowest BCUT2D eigenvalue weighted by Crippen LogP contribution is -2.22. The summed E-state index contributed by atoms with van der Waals surface area (Å²) in [7, 11) is -1.30. The van der Waals surface area contributed by atoms with Crippen molar-refractivity contribution in [1.29, 1.82) is 0 Å². The molecule has 2 N–H and O–H groups in total. The van der Waals surface area contributed by atoms with E-state index in [1.807, 2.05) is 35.0 Å². The molecule has 0 saturated heterocycles. The average molecular weight is 285 g/mol. The summed E-state index contributed by atoms with van der Waals surface area (Å²) in [5.41, 5.74) is 5.11. The maximum absolute atomic E-state index is 12.2. The number of rotatable bonds is 5. The molecule has 1 atom stereocenters. The van der Waals surface area contributed by atoms with E-state index < -0.39 is 16.7 Å². The highest BCUT2D eigenvalue weighted by Crippen LogP contribution is 2.34. The van der Waals surface area contributed by atoms with E-state index >= 15 is 0 Å². The van der Waals surface area contributed by atoms with Gasteiger partial charge in [-0.25, -0.2) is 0 Å². The minimum atomic E-state index is -1.30. The van der Waals surface area contributed by atoms with Crippen LogP contribution < -0.4 is 5.73 Å². The SMILES string of the molecule is NC(=O)CS(=O)C(c1cccs1)c1cccs1. The fraction of sp³-hybridized carbons (Fsp3) is 0.182. The summed E-state index contributed by atoms with van der Waals surface area (Å²) in [4.78, 5) is 12.9. The van der Waals surface area contributed by atoms with Crippen LogP contribution in [0.2, 0.25) is 0 Å². The minimum absolute atomic E-state index is 0.0968. The van der Waals surface area contributed by atoms with Crippen molar-refractivity contribution >= 4 is 39.4 Å². The number of thiophene rings is 2. The molecule has 1 amide bonds. The summed E-state index contributed by atoms with van der Waals surface area (Å²) < 4.78 is 12.2. The largest absolute Gasteiger partial charge is 0.369 e. The third-order valence-corrected chi connectivity index (χ3v) is 5.93. The van der Waals surface area contributed by atoms with Crippen molar-refractivity contribution in [3.05, 3.63) is 44.8 Å². The molecule has 0 fully saturated rings. The fourth-order valence-corrected chi connectivity index (χ4v) is 5.12. The van der Waals surface area contributed by atoms with Crippen molar-refractivity contribution in [2.45, 2.75) is 5.25 Å². The number of hydrogen-bond donors (Lipinski definition) is 1. The second kappa shape index (κ2) is 5.57. The first-order valence-corrected chi connectivity index (χ1v) is 8.05. The van der Waals surface area contributed by atoms with Crippen LogP contribution in [-0.4, -0.2) is 15.9 Å². The third-order valence-electron chi connectivity index (χ3n) is 2.15. The molecule has 2 heterocycles. The Morgan fingerprint density at radius 2 is 1.76 bits per heavy atom. The van der Waals surface area contributed by atoms with Gasteiger partial charge in [-0.2, -0.15) is 0 Å². The van der Waals surface area contributed by atoms with Gasteiger partial charge >= 0.3 is 0 Å². The van der Waals surface area contributed by atoms with Crippen LogP contribution in [0.3, 0.4) is 0 Å². The predicted molar refractivity (Wildman–Crippen MR) is 72.7 cm³/mol. The Morgan fingerprint density at radius 3 is 2.12 bits per heavy atom. The molecule has 0 aromatic carbocycles. The molecule has 17 heavy (non-hydrogen) atoms. The van der Waals surface area contributed by atoms with Gasteiger partial charge in [-0.15, -0.1) is 22.7 Å². The quantitative estimate of drug-likeness (QED) is 0.915. The molecule has 2 aromatic heterocycles. The van der Waals surface area contributed by atoms with Gasteiger partial charge in [0.1, 0.15) is 11.0 Å². The molecule has 0 saturated carbocycles. The van der Waals surface area contributed by atoms with Crippen LogP contribution >= 0.6 is 22.7 Å². The predicted octanol–water partition coefficient (Wildman–Crippen LogP) is 2.13. The average Bonchev–Trinajstić information content (AvgIpc) is 2.88. The van der Waals surface area contributed by atoms with E-state index in [0.29, 0.717) is 0 Å². The normalized spacial score (nSPS) is 12.8. The molecule has 0 aliphatic heterocycles. The zero-order chi connectivity index (χ0) is 12.3. The Balaban J connectivity index is 2.32. The van der Waals surface area contributed by atoms with Crippen LogP contribution in [0.25, 0.3) is 0 Å². The molecule has 6 heteroatoms. The molecule has 1 unspecified atom stereocenters. The number of nitrogens with two attached hydrogens (primary N) is 1. The van der Waals surface area contributed by atoms with Crippen LogP contribution in [-0.2, 0) is 15.6 Å². The van der Waals surface area contributed by atoms with Gasteiger partial charge in [0, 0.05) is 20.6 Å². The van der Waals surface area contributed by atoms with Gasteiger partial charge in [-0.1, -0.05) is 12.1 Å². The van der Waals surface area contributed by atoms with Gasteiger partial charge < -0.3 is 5.73 Å². The van der Waals surface area contributed by atoms with E-state index in [1.165, 1.54) is 0 Å². The Kier molecular flexibility index (Phi) is 4.09. The molecule has 2 aromatic rings. The number of carbonyl (C=O) groups is 1. The molecule has 2 rings (SSSR count). The van der Waals surface area contributed by atoms with E-state index in [0.717, 1.165) is 9.75 Å². The Morgan fingerprint density at radius 1 is 1.24 bits per heavy atom. The highest BCUT2D eigenvalue weighted by molar-refractivity contribution is 7.86. The molecule has 0 aliphatic rings. The second-order valence-corrected chi connectivity index (χ2v) is 6.88. The van der Waals surface area contributed by atoms with Crippen molar-refractivity contribution in [2.24, 2.45) is 5.73 Å². The monoisotopic (exact) mass is 285 g/mol. The summed E-state index contributed by atoms with van der Waals surface area (Å²) in [6.07, 6.45) is 0. The summed E-state index contributed by atoms with van der Waals surface area (Å²) in [5, 5.41) is 3.65. The molecule has 0 spiro atoms. The summed E-state index contributed by atoms with van der Waals surface area (Å²) >= 11 is 3.09. The van der Waals surface area contributed by atoms with E-state index in [9.17, 15) is 9.00 Å². The lowest BCUT2D eigenvalue weighted by atomic mass is 10.3. The van der Waals surface area contributed by atoms with Crippen molar-refractivity contribution in [1.82, 2.24) is 0 Å². The highest BCUT2D eigenvalue weighted by Gasteiger charge is 2.24. The van der Waals surface area contributed by atoms with Crippen LogP contribution in [0, 0.1) is 0 Å². The number of primary amides is 1. The first-order chi connectivity index (χ1) is 8.18. The van der Waals surface area contributed by atoms with Gasteiger partial charge in [-0.05, 0) is 22.9 Å². The lowest BCUT2D eigenvalue weighted by Gasteiger charge is -2.12. The van der Waals surface area contributed by atoms with Gasteiger partial charge in [0.15, 0.2) is 0 Å². The molecular formula is C11H11NO2S3. The van der Waals surface area contributed by atoms with Crippen molar-refractivity contribution in [3.63, 3.8) is 0 Å². The Hall–Kier alpha value is -0.980. The molecular weight excluding hydrogens is 274 g/mol. The van der Waals surface area contributed by atoms with Gasteiger partial charge in [-0.3, -0.25) is 9.00 Å². The van der Waals surface area contributed by atoms with Crippen LogP contribution in [0.4, 0.5) is 0 Å². The van der Waals surface area contributed by atoms with E-state index in [2.05, 4.69) is 0 Å². The highest BCUT2D eigenvalue weighted by atomic mass is 32.2. The number of hydrogen-bond acceptors (Lipinski definition) is 4. The van der Waals surface area contributed by atoms with Crippen molar-refractivity contribution in [3.8, 4) is 0 Å². The van der Waals surface area contributed by atoms with Crippen molar-refractivity contribution < 1.29 is 9.00 Å². The molecule has 0 bridgehead atoms. The minimum Gasteiger partial charge on any atom is -0.369 e. The van der Waals surface area contributed by atoms with Gasteiger partial charge in [0.25, 0.3) is 0 Å². The number of amides is 1. The zero-order valence-electron chi connectivity index (χ0n) is 8.87. The van der Waals surface area contributed by atoms with E-state index in [-0.39, 0.29) is 11.0 Å². The molecule has 90 valence electrons. The standard InChI is InChI=1S/C11H11NO2S3/c12-10(13)7-17(14)11(8-3-1-5-15-8)9-4-2-6-16-9/h1-6,11H,7H2,(H2,12,13). The molecule has 0 radical (unpaired) electrons. The Bertz CT molecular complexity index is 471. The van der Waals surface area contributed by atoms with Gasteiger partial charge in [0.05, 0.1) is 0 Å². The maximum atomic E-state index is 12.2.